The Morgan fingerprint density at radius 1 is 1.44 bits per heavy atom. The molecule has 2 rings (SSSR count). The highest BCUT2D eigenvalue weighted by molar-refractivity contribution is 5.87. The number of fused-ring (bicyclic) bond motifs is 1. The van der Waals surface area contributed by atoms with Crippen LogP contribution >= 0.6 is 0 Å². The Hall–Kier alpha value is -2.35. The summed E-state index contributed by atoms with van der Waals surface area (Å²) in [6.45, 7) is 5.36. The van der Waals surface area contributed by atoms with Crippen LogP contribution in [0.1, 0.15) is 26.3 Å². The maximum absolute atomic E-state index is 11.8. The van der Waals surface area contributed by atoms with E-state index in [0.717, 1.165) is 4.68 Å². The molecule has 0 atom stereocenters. The second-order valence-corrected chi connectivity index (χ2v) is 4.90. The zero-order valence-corrected chi connectivity index (χ0v) is 10.5. The predicted octanol–water partition coefficient (Wildman–Crippen LogP) is 2.69. The zero-order valence-electron chi connectivity index (χ0n) is 10.5. The van der Waals surface area contributed by atoms with Gasteiger partial charge in [0.25, 0.3) is 0 Å². The van der Waals surface area contributed by atoms with Crippen LogP contribution in [0, 0.1) is 11.3 Å². The Labute approximate surface area is 105 Å². The molecule has 5 heteroatoms. The minimum absolute atomic E-state index is 0.488. The van der Waals surface area contributed by atoms with Crippen LogP contribution in [-0.2, 0) is 4.74 Å². The van der Waals surface area contributed by atoms with Gasteiger partial charge in [-0.2, -0.15) is 15.0 Å². The molecule has 5 nitrogen and oxygen atoms in total. The Bertz CT molecular complexity index is 644. The molecule has 1 aromatic heterocycles. The van der Waals surface area contributed by atoms with Crippen molar-refractivity contribution in [3.05, 3.63) is 30.0 Å². The largest absolute Gasteiger partial charge is 0.442 e. The lowest BCUT2D eigenvalue weighted by Crippen LogP contribution is -2.27. The van der Waals surface area contributed by atoms with Crippen molar-refractivity contribution in [2.75, 3.05) is 0 Å². The van der Waals surface area contributed by atoms with Crippen LogP contribution in [0.25, 0.3) is 10.9 Å². The van der Waals surface area contributed by atoms with Crippen molar-refractivity contribution < 1.29 is 9.53 Å². The molecule has 0 aliphatic rings. The van der Waals surface area contributed by atoms with Gasteiger partial charge in [-0.3, -0.25) is 0 Å². The van der Waals surface area contributed by atoms with Gasteiger partial charge in [-0.25, -0.2) is 4.79 Å². The Balaban J connectivity index is 2.43. The van der Waals surface area contributed by atoms with Crippen molar-refractivity contribution in [2.45, 2.75) is 26.4 Å². The van der Waals surface area contributed by atoms with E-state index in [0.29, 0.717) is 16.5 Å². The first-order valence-electron chi connectivity index (χ1n) is 5.52. The fourth-order valence-corrected chi connectivity index (χ4v) is 1.54. The van der Waals surface area contributed by atoms with E-state index < -0.39 is 11.7 Å². The Morgan fingerprint density at radius 3 is 2.78 bits per heavy atom. The van der Waals surface area contributed by atoms with Gasteiger partial charge in [0.2, 0.25) is 0 Å². The van der Waals surface area contributed by atoms with Crippen LogP contribution < -0.4 is 0 Å². The predicted molar refractivity (Wildman–Crippen MR) is 66.1 cm³/mol. The van der Waals surface area contributed by atoms with E-state index in [1.807, 2.05) is 0 Å². The molecule has 0 N–H and O–H groups in total. The molecule has 18 heavy (non-hydrogen) atoms. The summed E-state index contributed by atoms with van der Waals surface area (Å²) in [6.07, 6.45) is 0.963. The third-order valence-electron chi connectivity index (χ3n) is 2.25. The van der Waals surface area contributed by atoms with Gasteiger partial charge in [0.15, 0.2) is 0 Å². The lowest BCUT2D eigenvalue weighted by molar-refractivity contribution is 0.0516. The summed E-state index contributed by atoms with van der Waals surface area (Å²) in [6, 6.07) is 7.23. The average molecular weight is 243 g/mol. The fraction of sp³-hybridized carbons (Fsp3) is 0.308. The smallest absolute Gasteiger partial charge is 0.435 e. The lowest BCUT2D eigenvalue weighted by atomic mass is 10.1. The molecule has 0 saturated heterocycles. The molecular formula is C13H13N3O2. The van der Waals surface area contributed by atoms with Crippen LogP contribution in [0.15, 0.2) is 24.4 Å². The molecule has 2 aromatic rings. The van der Waals surface area contributed by atoms with Gasteiger partial charge in [-0.05, 0) is 32.9 Å². The first kappa shape index (κ1) is 12.1. The number of nitrogens with zero attached hydrogens (tertiary/aromatic N) is 3. The number of aromatic nitrogens is 2. The molecule has 0 unspecified atom stereocenters. The van der Waals surface area contributed by atoms with Crippen molar-refractivity contribution in [2.24, 2.45) is 0 Å². The van der Waals surface area contributed by atoms with E-state index in [1.54, 1.807) is 39.0 Å². The minimum Gasteiger partial charge on any atom is -0.442 e. The van der Waals surface area contributed by atoms with Crippen LogP contribution in [0.5, 0.6) is 0 Å². The molecule has 0 amide bonds. The van der Waals surface area contributed by atoms with Gasteiger partial charge in [0, 0.05) is 11.6 Å². The number of hydrogen-bond acceptors (Lipinski definition) is 4. The molecule has 0 fully saturated rings. The van der Waals surface area contributed by atoms with Crippen LogP contribution in [0.4, 0.5) is 4.79 Å². The molecule has 0 saturated carbocycles. The first-order valence-corrected chi connectivity index (χ1v) is 5.52. The molecule has 0 aliphatic carbocycles. The standard InChI is InChI=1S/C13H13N3O2/c1-13(2,3)18-12(17)16-8-10-9(7-14)5-4-6-11(10)15-16/h4-6,8H,1-3H3. The number of benzene rings is 1. The number of carbonyl (C=O) groups excluding carboxylic acids is 1. The van der Waals surface area contributed by atoms with E-state index in [9.17, 15) is 4.79 Å². The third kappa shape index (κ3) is 2.33. The van der Waals surface area contributed by atoms with Gasteiger partial charge in [-0.15, -0.1) is 0 Å². The normalized spacial score (nSPS) is 11.2. The highest BCUT2D eigenvalue weighted by atomic mass is 16.6. The van der Waals surface area contributed by atoms with Crippen LogP contribution in [0.3, 0.4) is 0 Å². The van der Waals surface area contributed by atoms with E-state index in [2.05, 4.69) is 11.2 Å². The van der Waals surface area contributed by atoms with Crippen molar-refractivity contribution in [1.29, 1.82) is 5.26 Å². The quantitative estimate of drug-likeness (QED) is 0.713. The van der Waals surface area contributed by atoms with E-state index in [-0.39, 0.29) is 0 Å². The van der Waals surface area contributed by atoms with Gasteiger partial charge >= 0.3 is 6.09 Å². The van der Waals surface area contributed by atoms with Gasteiger partial charge in [-0.1, -0.05) is 6.07 Å². The molecule has 0 radical (unpaired) electrons. The molecule has 0 spiro atoms. The molecule has 92 valence electrons. The second-order valence-electron chi connectivity index (χ2n) is 4.90. The molecule has 1 heterocycles. The van der Waals surface area contributed by atoms with Crippen LogP contribution in [0.2, 0.25) is 0 Å². The van der Waals surface area contributed by atoms with E-state index in [4.69, 9.17) is 10.00 Å². The monoisotopic (exact) mass is 243 g/mol. The summed E-state index contributed by atoms with van der Waals surface area (Å²) in [7, 11) is 0. The first-order chi connectivity index (χ1) is 8.40. The molecule has 0 aliphatic heterocycles. The maximum Gasteiger partial charge on any atom is 0.435 e. The lowest BCUT2D eigenvalue weighted by Gasteiger charge is -2.18. The number of nitriles is 1. The summed E-state index contributed by atoms with van der Waals surface area (Å²) in [4.78, 5) is 11.8. The number of rotatable bonds is 0. The average Bonchev–Trinajstić information content (AvgIpc) is 2.70. The zero-order chi connectivity index (χ0) is 13.3. The highest BCUT2D eigenvalue weighted by Crippen LogP contribution is 2.17. The minimum atomic E-state index is -0.576. The number of hydrogen-bond donors (Lipinski definition) is 0. The Kier molecular flexibility index (Phi) is 2.79. The summed E-state index contributed by atoms with van der Waals surface area (Å²) < 4.78 is 6.33. The summed E-state index contributed by atoms with van der Waals surface area (Å²) in [5.41, 5.74) is 0.509. The highest BCUT2D eigenvalue weighted by Gasteiger charge is 2.19. The van der Waals surface area contributed by atoms with E-state index in [1.165, 1.54) is 6.20 Å². The van der Waals surface area contributed by atoms with Gasteiger partial charge in [0.1, 0.15) is 5.60 Å². The molecular weight excluding hydrogens is 230 g/mol. The van der Waals surface area contributed by atoms with Crippen molar-refractivity contribution >= 4 is 17.0 Å². The molecule has 0 bridgehead atoms. The van der Waals surface area contributed by atoms with Crippen molar-refractivity contribution in [1.82, 2.24) is 9.78 Å². The Morgan fingerprint density at radius 2 is 2.17 bits per heavy atom. The fourth-order valence-electron chi connectivity index (χ4n) is 1.54. The summed E-state index contributed by atoms with van der Waals surface area (Å²) in [5, 5.41) is 13.7. The topological polar surface area (TPSA) is 67.9 Å². The van der Waals surface area contributed by atoms with Crippen molar-refractivity contribution in [3.8, 4) is 6.07 Å². The number of carbonyl (C=O) groups is 1. The van der Waals surface area contributed by atoms with Gasteiger partial charge < -0.3 is 4.74 Å². The second kappa shape index (κ2) is 4.15. The number of ether oxygens (including phenoxy) is 1. The summed E-state index contributed by atoms with van der Waals surface area (Å²) in [5.74, 6) is 0. The van der Waals surface area contributed by atoms with Crippen LogP contribution in [-0.4, -0.2) is 21.5 Å². The third-order valence-corrected chi connectivity index (χ3v) is 2.25. The van der Waals surface area contributed by atoms with Crippen molar-refractivity contribution in [3.63, 3.8) is 0 Å². The maximum atomic E-state index is 11.8. The van der Waals surface area contributed by atoms with E-state index >= 15 is 0 Å². The SMILES string of the molecule is CC(C)(C)OC(=O)n1cc2c(C#N)cccc2n1. The summed E-state index contributed by atoms with van der Waals surface area (Å²) >= 11 is 0. The van der Waals surface area contributed by atoms with Gasteiger partial charge in [0.05, 0.1) is 17.1 Å². The molecule has 1 aromatic carbocycles.